The highest BCUT2D eigenvalue weighted by Crippen LogP contribution is 2.34. The van der Waals surface area contributed by atoms with Gasteiger partial charge >= 0.3 is 0 Å². The summed E-state index contributed by atoms with van der Waals surface area (Å²) in [5, 5.41) is 0. The molecule has 2 amide bonds. The first-order chi connectivity index (χ1) is 16.8. The Kier molecular flexibility index (Phi) is 7.39. The molecule has 6 nitrogen and oxygen atoms in total. The molecule has 2 aliphatic heterocycles. The Balaban J connectivity index is 1.63. The van der Waals surface area contributed by atoms with Crippen molar-refractivity contribution in [1.29, 1.82) is 0 Å². The van der Waals surface area contributed by atoms with Gasteiger partial charge in [0.05, 0.1) is 5.69 Å². The molecule has 0 fully saturated rings. The van der Waals surface area contributed by atoms with Gasteiger partial charge in [-0.15, -0.1) is 0 Å². The minimum atomic E-state index is 0.0398. The summed E-state index contributed by atoms with van der Waals surface area (Å²) < 4.78 is 0. The molecule has 0 spiro atoms. The molecule has 0 aliphatic carbocycles. The monoisotopic (exact) mass is 472 g/mol. The van der Waals surface area contributed by atoms with Crippen LogP contribution in [0.15, 0.2) is 47.0 Å². The Morgan fingerprint density at radius 2 is 1.77 bits per heavy atom. The Bertz CT molecular complexity index is 1190. The number of carbonyl (C=O) groups excluding carboxylic acids is 2. The molecule has 2 N–H and O–H groups in total. The second-order valence-corrected chi connectivity index (χ2v) is 9.97. The van der Waals surface area contributed by atoms with Crippen LogP contribution in [-0.2, 0) is 11.3 Å². The zero-order valence-electron chi connectivity index (χ0n) is 21.3. The van der Waals surface area contributed by atoms with Crippen LogP contribution >= 0.6 is 0 Å². The van der Waals surface area contributed by atoms with Crippen LogP contribution in [0.4, 0.5) is 5.69 Å². The van der Waals surface area contributed by atoms with Crippen molar-refractivity contribution < 1.29 is 9.59 Å². The summed E-state index contributed by atoms with van der Waals surface area (Å²) in [4.78, 5) is 34.4. The average molecular weight is 473 g/mol. The molecule has 0 atom stereocenters. The van der Waals surface area contributed by atoms with Crippen LogP contribution in [0, 0.1) is 5.92 Å². The highest BCUT2D eigenvalue weighted by atomic mass is 16.2. The van der Waals surface area contributed by atoms with E-state index in [4.69, 9.17) is 5.73 Å². The Labute approximate surface area is 208 Å². The molecule has 2 heterocycles. The lowest BCUT2D eigenvalue weighted by atomic mass is 9.98. The van der Waals surface area contributed by atoms with Gasteiger partial charge in [-0.2, -0.15) is 0 Å². The van der Waals surface area contributed by atoms with E-state index >= 15 is 0 Å². The van der Waals surface area contributed by atoms with E-state index in [2.05, 4.69) is 44.8 Å². The molecule has 0 unspecified atom stereocenters. The highest BCUT2D eigenvalue weighted by molar-refractivity contribution is 6.05. The fourth-order valence-corrected chi connectivity index (χ4v) is 4.91. The summed E-state index contributed by atoms with van der Waals surface area (Å²) in [5.41, 5.74) is 12.5. The van der Waals surface area contributed by atoms with Crippen LogP contribution in [0.1, 0.15) is 68.4 Å². The van der Waals surface area contributed by atoms with Crippen molar-refractivity contribution in [3.63, 3.8) is 0 Å². The number of aliphatic imine (C=N–C) groups is 1. The summed E-state index contributed by atoms with van der Waals surface area (Å²) in [7, 11) is 0. The highest BCUT2D eigenvalue weighted by Gasteiger charge is 2.28. The fourth-order valence-electron chi connectivity index (χ4n) is 4.91. The molecule has 0 bridgehead atoms. The predicted octanol–water partition coefficient (Wildman–Crippen LogP) is 5.39. The normalized spacial score (nSPS) is 14.9. The maximum absolute atomic E-state index is 13.2. The molecular weight excluding hydrogens is 436 g/mol. The minimum absolute atomic E-state index is 0.0398. The first-order valence-electron chi connectivity index (χ1n) is 12.7. The molecule has 4 rings (SSSR count). The van der Waals surface area contributed by atoms with Crippen molar-refractivity contribution in [2.24, 2.45) is 16.6 Å². The van der Waals surface area contributed by atoms with Crippen molar-refractivity contribution in [2.45, 2.75) is 53.5 Å². The number of nitrogens with zero attached hydrogens (tertiary/aromatic N) is 3. The van der Waals surface area contributed by atoms with Gasteiger partial charge in [0, 0.05) is 49.3 Å². The SMILES string of the molecule is CCCN(CCC)C(=O)C1=Cc2ccc(-c3ccc4c(c3)CN(CC(C)C)C4=O)cc2N=C(N)C1. The van der Waals surface area contributed by atoms with Gasteiger partial charge in [0.1, 0.15) is 5.84 Å². The van der Waals surface area contributed by atoms with E-state index < -0.39 is 0 Å². The first-order valence-corrected chi connectivity index (χ1v) is 12.7. The van der Waals surface area contributed by atoms with E-state index in [0.717, 1.165) is 66.0 Å². The number of nitrogens with two attached hydrogens (primary N) is 1. The van der Waals surface area contributed by atoms with Crippen molar-refractivity contribution in [1.82, 2.24) is 9.80 Å². The number of hydrogen-bond donors (Lipinski definition) is 1. The third-order valence-electron chi connectivity index (χ3n) is 6.45. The van der Waals surface area contributed by atoms with Gasteiger partial charge in [0.25, 0.3) is 5.91 Å². The zero-order valence-corrected chi connectivity index (χ0v) is 21.3. The lowest BCUT2D eigenvalue weighted by molar-refractivity contribution is -0.127. The molecule has 6 heteroatoms. The molecule has 0 saturated carbocycles. The molecule has 2 aromatic carbocycles. The minimum Gasteiger partial charge on any atom is -0.387 e. The van der Waals surface area contributed by atoms with E-state index in [9.17, 15) is 9.59 Å². The van der Waals surface area contributed by atoms with Crippen molar-refractivity contribution in [3.05, 3.63) is 58.7 Å². The van der Waals surface area contributed by atoms with Gasteiger partial charge < -0.3 is 15.5 Å². The summed E-state index contributed by atoms with van der Waals surface area (Å²) in [6, 6.07) is 12.1. The van der Waals surface area contributed by atoms with E-state index in [1.54, 1.807) is 0 Å². The number of rotatable bonds is 8. The molecule has 2 aromatic rings. The lowest BCUT2D eigenvalue weighted by Crippen LogP contribution is -2.34. The summed E-state index contributed by atoms with van der Waals surface area (Å²) in [5.74, 6) is 1.03. The van der Waals surface area contributed by atoms with Crippen LogP contribution in [0.5, 0.6) is 0 Å². The van der Waals surface area contributed by atoms with Crippen LogP contribution in [0.3, 0.4) is 0 Å². The van der Waals surface area contributed by atoms with Gasteiger partial charge in [-0.05, 0) is 59.7 Å². The quantitative estimate of drug-likeness (QED) is 0.559. The summed E-state index contributed by atoms with van der Waals surface area (Å²) in [6.07, 6.45) is 4.13. The van der Waals surface area contributed by atoms with Crippen LogP contribution in [0.2, 0.25) is 0 Å². The van der Waals surface area contributed by atoms with Gasteiger partial charge in [-0.1, -0.05) is 45.9 Å². The van der Waals surface area contributed by atoms with E-state index in [1.807, 2.05) is 40.1 Å². The number of amides is 2. The first kappa shape index (κ1) is 24.7. The fraction of sp³-hybridized carbons (Fsp3) is 0.414. The lowest BCUT2D eigenvalue weighted by Gasteiger charge is -2.22. The molecule has 0 radical (unpaired) electrons. The van der Waals surface area contributed by atoms with Gasteiger partial charge in [-0.25, -0.2) is 4.99 Å². The molecule has 35 heavy (non-hydrogen) atoms. The standard InChI is InChI=1S/C29H36N4O2/c1-5-11-32(12-6-2)28(34)23-14-22-8-7-21(15-26(22)31-27(30)16-23)20-9-10-25-24(13-20)18-33(29(25)35)17-19(3)4/h7-10,13-15,19H,5-6,11-12,16-18H2,1-4H3,(H2,30,31). The average Bonchev–Trinajstić information content (AvgIpc) is 3.01. The second kappa shape index (κ2) is 10.5. The summed E-state index contributed by atoms with van der Waals surface area (Å²) in [6.45, 7) is 11.3. The molecule has 184 valence electrons. The third-order valence-corrected chi connectivity index (χ3v) is 6.45. The van der Waals surface area contributed by atoms with Crippen LogP contribution < -0.4 is 5.73 Å². The third kappa shape index (κ3) is 5.31. The second-order valence-electron chi connectivity index (χ2n) is 9.97. The van der Waals surface area contributed by atoms with Crippen molar-refractivity contribution >= 4 is 29.4 Å². The van der Waals surface area contributed by atoms with E-state index in [0.29, 0.717) is 30.3 Å². The number of amidine groups is 1. The molecule has 0 saturated heterocycles. The molecule has 2 aliphatic rings. The van der Waals surface area contributed by atoms with Gasteiger partial charge in [0.2, 0.25) is 5.91 Å². The van der Waals surface area contributed by atoms with E-state index in [1.165, 1.54) is 0 Å². The number of fused-ring (bicyclic) bond motifs is 2. The maximum atomic E-state index is 13.2. The van der Waals surface area contributed by atoms with Crippen molar-refractivity contribution in [3.8, 4) is 11.1 Å². The zero-order chi connectivity index (χ0) is 25.1. The van der Waals surface area contributed by atoms with Gasteiger partial charge in [-0.3, -0.25) is 9.59 Å². The Morgan fingerprint density at radius 1 is 1.09 bits per heavy atom. The van der Waals surface area contributed by atoms with E-state index in [-0.39, 0.29) is 11.8 Å². The number of hydrogen-bond acceptors (Lipinski definition) is 4. The smallest absolute Gasteiger partial charge is 0.254 e. The van der Waals surface area contributed by atoms with Crippen molar-refractivity contribution in [2.75, 3.05) is 19.6 Å². The molecular formula is C29H36N4O2. The van der Waals surface area contributed by atoms with Crippen LogP contribution in [-0.4, -0.2) is 47.1 Å². The molecule has 0 aromatic heterocycles. The number of benzene rings is 2. The Hall–Kier alpha value is -3.41. The number of carbonyl (C=O) groups is 2. The maximum Gasteiger partial charge on any atom is 0.254 e. The van der Waals surface area contributed by atoms with Crippen LogP contribution in [0.25, 0.3) is 17.2 Å². The van der Waals surface area contributed by atoms with Gasteiger partial charge in [0.15, 0.2) is 0 Å². The topological polar surface area (TPSA) is 79.0 Å². The largest absolute Gasteiger partial charge is 0.387 e. The Morgan fingerprint density at radius 3 is 2.46 bits per heavy atom. The summed E-state index contributed by atoms with van der Waals surface area (Å²) >= 11 is 0. The predicted molar refractivity (Wildman–Crippen MR) is 142 cm³/mol.